The van der Waals surface area contributed by atoms with Crippen LogP contribution in [0.3, 0.4) is 0 Å². The van der Waals surface area contributed by atoms with Crippen LogP contribution in [-0.2, 0) is 0 Å². The van der Waals surface area contributed by atoms with Crippen LogP contribution in [-0.4, -0.2) is 48.8 Å². The Kier molecular flexibility index (Phi) is 3.08. The van der Waals surface area contributed by atoms with Crippen molar-refractivity contribution in [3.63, 3.8) is 0 Å². The molecule has 2 heteroatoms. The van der Waals surface area contributed by atoms with E-state index in [1.807, 2.05) is 30.3 Å². The number of carbonyl (C=O) groups is 1. The number of carbonyl (C=O) groups excluding carboxylic acids is 1. The van der Waals surface area contributed by atoms with Gasteiger partial charge in [0.2, 0.25) is 0 Å². The molecule has 0 radical (unpaired) electrons. The summed E-state index contributed by atoms with van der Waals surface area (Å²) in [7, 11) is 0. The fraction of sp³-hybridized carbons (Fsp3) is 0. The first kappa shape index (κ1) is 7.63. The molecule has 0 heterocycles. The van der Waals surface area contributed by atoms with Crippen LogP contribution in [0.1, 0.15) is 10.4 Å². The van der Waals surface area contributed by atoms with Gasteiger partial charge in [-0.15, -0.1) is 0 Å². The predicted molar refractivity (Wildman–Crippen MR) is 36.5 cm³/mol. The predicted octanol–water partition coefficient (Wildman–Crippen LogP) is 0.995. The van der Waals surface area contributed by atoms with E-state index >= 15 is 0 Å². The second kappa shape index (κ2) is 3.64. The molecule has 0 spiro atoms. The zero-order valence-corrected chi connectivity index (χ0v) is 8.42. The number of hydrogen-bond donors (Lipinski definition) is 0. The van der Waals surface area contributed by atoms with Crippen LogP contribution < -0.4 is 0 Å². The molecule has 0 saturated carbocycles. The van der Waals surface area contributed by atoms with Gasteiger partial charge >= 0.3 is 89.5 Å². The molecule has 1 aromatic carbocycles. The van der Waals surface area contributed by atoms with Crippen molar-refractivity contribution in [3.05, 3.63) is 35.9 Å². The summed E-state index contributed by atoms with van der Waals surface area (Å²) in [6, 6.07) is 9.40. The van der Waals surface area contributed by atoms with Crippen LogP contribution in [0, 0.1) is 0 Å². The van der Waals surface area contributed by atoms with Gasteiger partial charge in [-0.2, -0.15) is 0 Å². The SMILES string of the molecule is O=[C]([K])c1ccccc1. The van der Waals surface area contributed by atoms with E-state index in [1.54, 1.807) is 0 Å². The van der Waals surface area contributed by atoms with E-state index in [0.717, 1.165) is 5.56 Å². The Hall–Kier alpha value is 0.526. The van der Waals surface area contributed by atoms with Crippen LogP contribution in [0.5, 0.6) is 0 Å². The summed E-state index contributed by atoms with van der Waals surface area (Å²) in [5, 5.41) is 0. The van der Waals surface area contributed by atoms with Crippen molar-refractivity contribution >= 4 is 48.8 Å². The summed E-state index contributed by atoms with van der Waals surface area (Å²) >= 11 is 0.286. The molecule has 0 fully saturated rings. The standard InChI is InChI=1S/C7H5O.K/c8-6-7-4-2-1-3-5-7;/h1-5H;. The second-order valence-corrected chi connectivity index (χ2v) is 3.34. The van der Waals surface area contributed by atoms with Crippen LogP contribution in [0.4, 0.5) is 0 Å². The molecule has 9 heavy (non-hydrogen) atoms. The third kappa shape index (κ3) is 2.31. The first-order chi connectivity index (χ1) is 4.30. The maximum atomic E-state index is 10.7. The molecule has 0 amide bonds. The van der Waals surface area contributed by atoms with Crippen LogP contribution in [0.25, 0.3) is 0 Å². The van der Waals surface area contributed by atoms with E-state index in [4.69, 9.17) is 0 Å². The molecule has 0 aliphatic carbocycles. The number of rotatable bonds is 1. The summed E-state index contributed by atoms with van der Waals surface area (Å²) in [6.07, 6.45) is 0. The average Bonchev–Trinajstić information content (AvgIpc) is 1.90. The summed E-state index contributed by atoms with van der Waals surface area (Å²) in [5.41, 5.74) is 0.859. The zero-order valence-electron chi connectivity index (χ0n) is 5.29. The Morgan fingerprint density at radius 2 is 1.78 bits per heavy atom. The van der Waals surface area contributed by atoms with E-state index < -0.39 is 0 Å². The van der Waals surface area contributed by atoms with Gasteiger partial charge in [0.05, 0.1) is 0 Å². The molecule has 0 bridgehead atoms. The van der Waals surface area contributed by atoms with Gasteiger partial charge in [0.25, 0.3) is 0 Å². The topological polar surface area (TPSA) is 17.1 Å². The number of hydrogen-bond acceptors (Lipinski definition) is 1. The maximum absolute atomic E-state index is 10.7. The molecule has 1 rings (SSSR count). The molecule has 1 aromatic rings. The molecule has 0 aromatic heterocycles. The van der Waals surface area contributed by atoms with E-state index in [9.17, 15) is 4.79 Å². The van der Waals surface area contributed by atoms with Gasteiger partial charge in [-0.25, -0.2) is 0 Å². The van der Waals surface area contributed by atoms with Gasteiger partial charge in [0, 0.05) is 0 Å². The van der Waals surface area contributed by atoms with Gasteiger partial charge in [-0.1, -0.05) is 0 Å². The summed E-state index contributed by atoms with van der Waals surface area (Å²) < 4.78 is 0.308. The Morgan fingerprint density at radius 3 is 2.11 bits per heavy atom. The third-order valence-electron chi connectivity index (χ3n) is 1.18. The van der Waals surface area contributed by atoms with E-state index in [1.165, 1.54) is 0 Å². The molecule has 1 nitrogen and oxygen atoms in total. The van der Waals surface area contributed by atoms with E-state index in [-0.39, 0.29) is 49.0 Å². The molecular weight excluding hydrogens is 139 g/mol. The van der Waals surface area contributed by atoms with Gasteiger partial charge in [0.15, 0.2) is 0 Å². The third-order valence-corrected chi connectivity index (χ3v) is 2.08. The molecule has 0 atom stereocenters. The van der Waals surface area contributed by atoms with Crippen molar-refractivity contribution in [2.45, 2.75) is 0 Å². The molecule has 0 aliphatic heterocycles. The monoisotopic (exact) mass is 144 g/mol. The molecule has 40 valence electrons. The van der Waals surface area contributed by atoms with E-state index in [0.29, 0.717) is -0.122 Å². The van der Waals surface area contributed by atoms with E-state index in [2.05, 4.69) is 0 Å². The van der Waals surface area contributed by atoms with Gasteiger partial charge in [-0.3, -0.25) is 0 Å². The quantitative estimate of drug-likeness (QED) is 0.537. The minimum atomic E-state index is 0.286. The van der Waals surface area contributed by atoms with Crippen molar-refractivity contribution in [1.82, 2.24) is 0 Å². The summed E-state index contributed by atoms with van der Waals surface area (Å²) in [4.78, 5) is 10.7. The first-order valence-electron chi connectivity index (χ1n) is 2.86. The summed E-state index contributed by atoms with van der Waals surface area (Å²) in [5.74, 6) is 0. The van der Waals surface area contributed by atoms with Crippen molar-refractivity contribution < 1.29 is 4.79 Å². The van der Waals surface area contributed by atoms with Gasteiger partial charge in [-0.05, 0) is 0 Å². The molecule has 0 saturated heterocycles. The Balaban J connectivity index is 2.98. The van der Waals surface area contributed by atoms with Crippen molar-refractivity contribution in [1.29, 1.82) is 0 Å². The Bertz CT molecular complexity index is 205. The number of benzene rings is 1. The summed E-state index contributed by atoms with van der Waals surface area (Å²) in [6.45, 7) is 0. The van der Waals surface area contributed by atoms with Crippen molar-refractivity contribution in [2.75, 3.05) is 0 Å². The van der Waals surface area contributed by atoms with Crippen LogP contribution in [0.2, 0.25) is 0 Å². The average molecular weight is 144 g/mol. The minimum absolute atomic E-state index is 0.286. The van der Waals surface area contributed by atoms with Gasteiger partial charge < -0.3 is 0 Å². The van der Waals surface area contributed by atoms with Crippen molar-refractivity contribution in [2.24, 2.45) is 0 Å². The molecule has 0 N–H and O–H groups in total. The van der Waals surface area contributed by atoms with Crippen molar-refractivity contribution in [3.8, 4) is 0 Å². The molecular formula is C7H5KO. The normalized spacial score (nSPS) is 9.11. The Labute approximate surface area is 88.0 Å². The zero-order chi connectivity index (χ0) is 6.69. The van der Waals surface area contributed by atoms with Crippen LogP contribution in [0.15, 0.2) is 30.3 Å². The fourth-order valence-electron chi connectivity index (χ4n) is 0.673. The fourth-order valence-corrected chi connectivity index (χ4v) is 1.19. The van der Waals surface area contributed by atoms with Gasteiger partial charge in [0.1, 0.15) is 0 Å². The molecule has 0 unspecified atom stereocenters. The second-order valence-electron chi connectivity index (χ2n) is 1.92. The first-order valence-corrected chi connectivity index (χ1v) is 4.43. The Morgan fingerprint density at radius 1 is 1.22 bits per heavy atom. The van der Waals surface area contributed by atoms with Crippen LogP contribution >= 0.6 is 0 Å². The molecule has 0 aliphatic rings.